The summed E-state index contributed by atoms with van der Waals surface area (Å²) in [6.07, 6.45) is -3.76. The van der Waals surface area contributed by atoms with Gasteiger partial charge in [0.05, 0.1) is 10.6 Å². The molecule has 0 saturated heterocycles. The highest BCUT2D eigenvalue weighted by Crippen LogP contribution is 2.35. The van der Waals surface area contributed by atoms with Gasteiger partial charge in [0.2, 0.25) is 0 Å². The van der Waals surface area contributed by atoms with Crippen molar-refractivity contribution in [1.29, 1.82) is 0 Å². The van der Waals surface area contributed by atoms with Crippen LogP contribution in [-0.4, -0.2) is 4.98 Å². The minimum Gasteiger partial charge on any atom is -0.382 e. The summed E-state index contributed by atoms with van der Waals surface area (Å²) in [5, 5.41) is -0.144. The highest BCUT2D eigenvalue weighted by atomic mass is 35.5. The molecule has 0 aliphatic carbocycles. The molecule has 1 aromatic heterocycles. The molecule has 0 amide bonds. The molecule has 14 heavy (non-hydrogen) atoms. The lowest BCUT2D eigenvalue weighted by Gasteiger charge is -2.11. The molecule has 1 rings (SSSR count). The summed E-state index contributed by atoms with van der Waals surface area (Å²) in [6.45, 7) is 1.25. The van der Waals surface area contributed by atoms with E-state index in [0.717, 1.165) is 0 Å². The molecule has 7 heteroatoms. The minimum atomic E-state index is -4.44. The van der Waals surface area contributed by atoms with Gasteiger partial charge >= 0.3 is 6.18 Å². The minimum absolute atomic E-state index is 0. The van der Waals surface area contributed by atoms with Crippen molar-refractivity contribution in [3.63, 3.8) is 0 Å². The monoisotopic (exact) mass is 246 g/mol. The van der Waals surface area contributed by atoms with Gasteiger partial charge in [0.25, 0.3) is 0 Å². The van der Waals surface area contributed by atoms with E-state index in [1.165, 1.54) is 6.92 Å². The second-order valence-electron chi connectivity index (χ2n) is 2.49. The van der Waals surface area contributed by atoms with Crippen LogP contribution in [0.1, 0.15) is 11.1 Å². The van der Waals surface area contributed by atoms with Crippen molar-refractivity contribution < 1.29 is 13.2 Å². The highest BCUT2D eigenvalue weighted by molar-refractivity contribution is 6.33. The van der Waals surface area contributed by atoms with E-state index in [1.807, 2.05) is 0 Å². The topological polar surface area (TPSA) is 38.9 Å². The zero-order chi connectivity index (χ0) is 10.2. The molecule has 0 spiro atoms. The van der Waals surface area contributed by atoms with E-state index >= 15 is 0 Å². The van der Waals surface area contributed by atoms with Gasteiger partial charge in [-0.15, -0.1) is 12.4 Å². The number of rotatable bonds is 0. The first-order valence-electron chi connectivity index (χ1n) is 3.32. The largest absolute Gasteiger partial charge is 0.418 e. The summed E-state index contributed by atoms with van der Waals surface area (Å²) >= 11 is 5.50. The van der Waals surface area contributed by atoms with Gasteiger partial charge in [-0.3, -0.25) is 0 Å². The fourth-order valence-corrected chi connectivity index (χ4v) is 1.03. The maximum Gasteiger partial charge on any atom is 0.418 e. The van der Waals surface area contributed by atoms with Gasteiger partial charge in [-0.05, 0) is 12.5 Å². The summed E-state index contributed by atoms with van der Waals surface area (Å²) in [6, 6.07) is 0. The lowest BCUT2D eigenvalue weighted by molar-refractivity contribution is -0.138. The number of pyridine rings is 1. The van der Waals surface area contributed by atoms with E-state index in [1.54, 1.807) is 0 Å². The van der Waals surface area contributed by atoms with E-state index in [9.17, 15) is 13.2 Å². The molecule has 0 bridgehead atoms. The zero-order valence-electron chi connectivity index (χ0n) is 7.02. The summed E-state index contributed by atoms with van der Waals surface area (Å²) in [5.41, 5.74) is 4.27. The second kappa shape index (κ2) is 4.23. The molecule has 1 heterocycles. The lowest BCUT2D eigenvalue weighted by Crippen LogP contribution is -2.09. The quantitative estimate of drug-likeness (QED) is 0.765. The lowest BCUT2D eigenvalue weighted by atomic mass is 10.1. The average molecular weight is 247 g/mol. The average Bonchev–Trinajstić information content (AvgIpc) is 1.98. The Kier molecular flexibility index (Phi) is 4.02. The molecular weight excluding hydrogens is 240 g/mol. The second-order valence-corrected chi connectivity index (χ2v) is 2.87. The number of hydrogen-bond acceptors (Lipinski definition) is 2. The fraction of sp³-hybridized carbons (Fsp3) is 0.286. The maximum atomic E-state index is 12.2. The third-order valence-electron chi connectivity index (χ3n) is 1.60. The molecule has 2 N–H and O–H groups in total. The molecule has 2 nitrogen and oxygen atoms in total. The molecule has 0 aliphatic heterocycles. The molecule has 1 aromatic rings. The number of aromatic nitrogens is 1. The SMILES string of the molecule is Cc1c(C(F)(F)F)cnc(N)c1Cl.Cl. The number of hydrogen-bond donors (Lipinski definition) is 1. The van der Waals surface area contributed by atoms with Crippen molar-refractivity contribution in [2.45, 2.75) is 13.1 Å². The zero-order valence-corrected chi connectivity index (χ0v) is 8.59. The number of nitrogen functional groups attached to an aromatic ring is 1. The predicted molar refractivity (Wildman–Crippen MR) is 50.6 cm³/mol. The van der Waals surface area contributed by atoms with Crippen molar-refractivity contribution in [2.75, 3.05) is 5.73 Å². The van der Waals surface area contributed by atoms with Crippen LogP contribution < -0.4 is 5.73 Å². The van der Waals surface area contributed by atoms with Crippen LogP contribution in [0.2, 0.25) is 5.02 Å². The standard InChI is InChI=1S/C7H6ClF3N2.ClH/c1-3-4(7(9,10)11)2-13-6(12)5(3)8;/h2H,1H3,(H2,12,13);1H. The first kappa shape index (κ1) is 13.3. The van der Waals surface area contributed by atoms with Crippen LogP contribution >= 0.6 is 24.0 Å². The molecular formula is C7H7Cl2F3N2. The van der Waals surface area contributed by atoms with Crippen LogP contribution in [0.5, 0.6) is 0 Å². The molecule has 0 saturated carbocycles. The Bertz CT molecular complexity index is 338. The van der Waals surface area contributed by atoms with Gasteiger partial charge in [0.1, 0.15) is 5.82 Å². The molecule has 0 radical (unpaired) electrons. The van der Waals surface area contributed by atoms with Crippen LogP contribution in [0.25, 0.3) is 0 Å². The summed E-state index contributed by atoms with van der Waals surface area (Å²) in [5.74, 6) is -0.0906. The molecule has 0 aliphatic rings. The van der Waals surface area contributed by atoms with Crippen LogP contribution in [0.3, 0.4) is 0 Å². The Morgan fingerprint density at radius 3 is 2.36 bits per heavy atom. The Hall–Kier alpha value is -0.680. The van der Waals surface area contributed by atoms with Crippen LogP contribution in [0.15, 0.2) is 6.20 Å². The van der Waals surface area contributed by atoms with E-state index in [-0.39, 0.29) is 28.8 Å². The molecule has 0 atom stereocenters. The summed E-state index contributed by atoms with van der Waals surface area (Å²) < 4.78 is 36.7. The van der Waals surface area contributed by atoms with Crippen molar-refractivity contribution in [1.82, 2.24) is 4.98 Å². The normalized spacial score (nSPS) is 10.9. The molecule has 0 unspecified atom stereocenters. The summed E-state index contributed by atoms with van der Waals surface area (Å²) in [7, 11) is 0. The van der Waals surface area contributed by atoms with Crippen molar-refractivity contribution in [3.8, 4) is 0 Å². The summed E-state index contributed by atoms with van der Waals surface area (Å²) in [4.78, 5) is 3.33. The van der Waals surface area contributed by atoms with Crippen molar-refractivity contribution >= 4 is 29.8 Å². The first-order chi connectivity index (χ1) is 5.84. The fourth-order valence-electron chi connectivity index (χ4n) is 0.884. The number of anilines is 1. The van der Waals surface area contributed by atoms with Gasteiger partial charge < -0.3 is 5.73 Å². The van der Waals surface area contributed by atoms with Gasteiger partial charge in [0.15, 0.2) is 0 Å². The molecule has 80 valence electrons. The van der Waals surface area contributed by atoms with Crippen LogP contribution in [0, 0.1) is 6.92 Å². The molecule has 0 aromatic carbocycles. The predicted octanol–water partition coefficient (Wildman–Crippen LogP) is 3.07. The van der Waals surface area contributed by atoms with Gasteiger partial charge in [-0.1, -0.05) is 11.6 Å². The van der Waals surface area contributed by atoms with E-state index < -0.39 is 11.7 Å². The smallest absolute Gasteiger partial charge is 0.382 e. The number of nitrogens with two attached hydrogens (primary N) is 1. The Morgan fingerprint density at radius 1 is 1.43 bits per heavy atom. The number of halogens is 5. The first-order valence-corrected chi connectivity index (χ1v) is 3.69. The Morgan fingerprint density at radius 2 is 1.93 bits per heavy atom. The van der Waals surface area contributed by atoms with Gasteiger partial charge in [-0.2, -0.15) is 13.2 Å². The Balaban J connectivity index is 0.00000169. The van der Waals surface area contributed by atoms with Crippen molar-refractivity contribution in [2.24, 2.45) is 0 Å². The number of nitrogens with zero attached hydrogens (tertiary/aromatic N) is 1. The third-order valence-corrected chi connectivity index (χ3v) is 2.07. The van der Waals surface area contributed by atoms with E-state index in [2.05, 4.69) is 4.98 Å². The van der Waals surface area contributed by atoms with Crippen LogP contribution in [0.4, 0.5) is 19.0 Å². The van der Waals surface area contributed by atoms with Crippen LogP contribution in [-0.2, 0) is 6.18 Å². The maximum absolute atomic E-state index is 12.2. The highest BCUT2D eigenvalue weighted by Gasteiger charge is 2.33. The van der Waals surface area contributed by atoms with Gasteiger partial charge in [-0.25, -0.2) is 4.98 Å². The Labute approximate surface area is 89.7 Å². The van der Waals surface area contributed by atoms with E-state index in [0.29, 0.717) is 6.20 Å². The number of alkyl halides is 3. The van der Waals surface area contributed by atoms with Crippen molar-refractivity contribution in [3.05, 3.63) is 22.3 Å². The van der Waals surface area contributed by atoms with E-state index in [4.69, 9.17) is 17.3 Å². The third kappa shape index (κ3) is 2.42. The van der Waals surface area contributed by atoms with Gasteiger partial charge in [0, 0.05) is 6.20 Å². The molecule has 0 fully saturated rings.